The first-order valence-corrected chi connectivity index (χ1v) is 7.20. The second-order valence-electron chi connectivity index (χ2n) is 5.10. The average molecular weight is 282 g/mol. The molecule has 7 heteroatoms. The van der Waals surface area contributed by atoms with Gasteiger partial charge in [0.1, 0.15) is 6.54 Å². The highest BCUT2D eigenvalue weighted by Gasteiger charge is 2.33. The molecule has 2 saturated heterocycles. The van der Waals surface area contributed by atoms with Crippen molar-refractivity contribution in [3.05, 3.63) is 0 Å². The van der Waals surface area contributed by atoms with Crippen LogP contribution in [0.4, 0.5) is 0 Å². The highest BCUT2D eigenvalue weighted by Crippen LogP contribution is 2.06. The smallest absolute Gasteiger partial charge is 0.312 e. The fourth-order valence-corrected chi connectivity index (χ4v) is 2.53. The van der Waals surface area contributed by atoms with E-state index in [0.717, 1.165) is 19.5 Å². The molecule has 2 aliphatic rings. The van der Waals surface area contributed by atoms with Crippen molar-refractivity contribution in [1.82, 2.24) is 20.0 Å². The lowest BCUT2D eigenvalue weighted by atomic mass is 10.2. The maximum absolute atomic E-state index is 12.2. The van der Waals surface area contributed by atoms with Crippen LogP contribution in [-0.2, 0) is 14.4 Å². The second-order valence-corrected chi connectivity index (χ2v) is 5.10. The second kappa shape index (κ2) is 6.69. The van der Waals surface area contributed by atoms with Crippen LogP contribution in [0, 0.1) is 0 Å². The number of carbonyl (C=O) groups is 3. The quantitative estimate of drug-likeness (QED) is 0.639. The van der Waals surface area contributed by atoms with Crippen LogP contribution < -0.4 is 5.32 Å². The molecule has 0 aromatic rings. The molecule has 0 atom stereocenters. The summed E-state index contributed by atoms with van der Waals surface area (Å²) in [6, 6.07) is 0. The number of hydrogen-bond donors (Lipinski definition) is 1. The van der Waals surface area contributed by atoms with Crippen LogP contribution in [-0.4, -0.2) is 84.8 Å². The van der Waals surface area contributed by atoms with E-state index in [4.69, 9.17) is 0 Å². The van der Waals surface area contributed by atoms with Gasteiger partial charge in [0, 0.05) is 39.3 Å². The number of piperazine rings is 1. The Morgan fingerprint density at radius 3 is 2.50 bits per heavy atom. The van der Waals surface area contributed by atoms with Gasteiger partial charge in [-0.15, -0.1) is 0 Å². The summed E-state index contributed by atoms with van der Waals surface area (Å²) in [7, 11) is 0. The van der Waals surface area contributed by atoms with Gasteiger partial charge >= 0.3 is 11.8 Å². The molecule has 112 valence electrons. The number of carbonyl (C=O) groups excluding carboxylic acids is 3. The van der Waals surface area contributed by atoms with Crippen LogP contribution in [0.25, 0.3) is 0 Å². The number of nitrogens with zero attached hydrogens (tertiary/aromatic N) is 3. The van der Waals surface area contributed by atoms with E-state index in [-0.39, 0.29) is 12.5 Å². The van der Waals surface area contributed by atoms with Crippen molar-refractivity contribution in [3.63, 3.8) is 0 Å². The molecule has 7 nitrogen and oxygen atoms in total. The largest absolute Gasteiger partial charge is 0.340 e. The summed E-state index contributed by atoms with van der Waals surface area (Å²) in [5.74, 6) is -1.12. The molecule has 3 amide bonds. The van der Waals surface area contributed by atoms with E-state index >= 15 is 0 Å². The number of hydrogen-bond acceptors (Lipinski definition) is 4. The van der Waals surface area contributed by atoms with E-state index in [2.05, 4.69) is 5.32 Å². The number of amides is 3. The van der Waals surface area contributed by atoms with Crippen molar-refractivity contribution in [2.75, 3.05) is 52.4 Å². The van der Waals surface area contributed by atoms with Crippen LogP contribution >= 0.6 is 0 Å². The average Bonchev–Trinajstić information content (AvgIpc) is 2.73. The lowest BCUT2D eigenvalue weighted by Crippen LogP contribution is -2.56. The third-order valence-electron chi connectivity index (χ3n) is 3.80. The van der Waals surface area contributed by atoms with Crippen molar-refractivity contribution >= 4 is 17.7 Å². The van der Waals surface area contributed by atoms with Gasteiger partial charge < -0.3 is 20.0 Å². The SMILES string of the molecule is CCN1CCN(CC(=O)N2CCCNCC2)C(=O)C1=O. The molecule has 0 radical (unpaired) electrons. The molecular weight excluding hydrogens is 260 g/mol. The third kappa shape index (κ3) is 3.27. The van der Waals surface area contributed by atoms with E-state index < -0.39 is 11.8 Å². The standard InChI is InChI=1S/C13H22N4O3/c1-2-15-8-9-17(13(20)12(15)19)10-11(18)16-6-3-4-14-5-7-16/h14H,2-10H2,1H3. The Labute approximate surface area is 118 Å². The van der Waals surface area contributed by atoms with Gasteiger partial charge in [0.05, 0.1) is 0 Å². The monoisotopic (exact) mass is 282 g/mol. The van der Waals surface area contributed by atoms with E-state index in [1.165, 1.54) is 9.80 Å². The maximum atomic E-state index is 12.2. The number of rotatable bonds is 3. The summed E-state index contributed by atoms with van der Waals surface area (Å²) in [5, 5.41) is 3.23. The highest BCUT2D eigenvalue weighted by atomic mass is 16.2. The Balaban J connectivity index is 1.91. The van der Waals surface area contributed by atoms with E-state index in [1.807, 2.05) is 6.92 Å². The van der Waals surface area contributed by atoms with Crippen molar-refractivity contribution in [1.29, 1.82) is 0 Å². The maximum Gasteiger partial charge on any atom is 0.312 e. The molecule has 0 aromatic heterocycles. The van der Waals surface area contributed by atoms with Gasteiger partial charge in [-0.25, -0.2) is 0 Å². The van der Waals surface area contributed by atoms with Gasteiger partial charge in [-0.2, -0.15) is 0 Å². The van der Waals surface area contributed by atoms with Crippen molar-refractivity contribution < 1.29 is 14.4 Å². The van der Waals surface area contributed by atoms with E-state index in [9.17, 15) is 14.4 Å². The summed E-state index contributed by atoms with van der Waals surface area (Å²) in [6.07, 6.45) is 0.919. The zero-order valence-corrected chi connectivity index (χ0v) is 11.9. The summed E-state index contributed by atoms with van der Waals surface area (Å²) < 4.78 is 0. The van der Waals surface area contributed by atoms with Crippen LogP contribution in [0.1, 0.15) is 13.3 Å². The first-order chi connectivity index (χ1) is 9.63. The molecule has 2 heterocycles. The molecule has 2 fully saturated rings. The van der Waals surface area contributed by atoms with Gasteiger partial charge in [-0.05, 0) is 19.9 Å². The Morgan fingerprint density at radius 2 is 1.75 bits per heavy atom. The first-order valence-electron chi connectivity index (χ1n) is 7.20. The minimum atomic E-state index is -0.556. The predicted octanol–water partition coefficient (Wildman–Crippen LogP) is -1.50. The fourth-order valence-electron chi connectivity index (χ4n) is 2.53. The Morgan fingerprint density at radius 1 is 1.05 bits per heavy atom. The molecule has 0 spiro atoms. The zero-order chi connectivity index (χ0) is 14.5. The molecule has 0 saturated carbocycles. The summed E-state index contributed by atoms with van der Waals surface area (Å²) in [6.45, 7) is 6.41. The van der Waals surface area contributed by atoms with Gasteiger partial charge in [0.2, 0.25) is 5.91 Å². The first kappa shape index (κ1) is 14.8. The van der Waals surface area contributed by atoms with Crippen LogP contribution in [0.2, 0.25) is 0 Å². The Kier molecular flexibility index (Phi) is 4.94. The van der Waals surface area contributed by atoms with Crippen molar-refractivity contribution in [2.45, 2.75) is 13.3 Å². The number of likely N-dealkylation sites (N-methyl/N-ethyl adjacent to an activating group) is 1. The predicted molar refractivity (Wildman–Crippen MR) is 72.9 cm³/mol. The normalized spacial score (nSPS) is 21.1. The molecule has 0 bridgehead atoms. The van der Waals surface area contributed by atoms with Crippen LogP contribution in [0.5, 0.6) is 0 Å². The van der Waals surface area contributed by atoms with Crippen LogP contribution in [0.3, 0.4) is 0 Å². The minimum absolute atomic E-state index is 0.0160. The molecule has 20 heavy (non-hydrogen) atoms. The summed E-state index contributed by atoms with van der Waals surface area (Å²) >= 11 is 0. The molecule has 0 aliphatic carbocycles. The molecule has 2 aliphatic heterocycles. The Hall–Kier alpha value is -1.63. The van der Waals surface area contributed by atoms with Gasteiger partial charge in [-0.3, -0.25) is 14.4 Å². The van der Waals surface area contributed by atoms with Gasteiger partial charge in [0.15, 0.2) is 0 Å². The topological polar surface area (TPSA) is 73.0 Å². The lowest BCUT2D eigenvalue weighted by Gasteiger charge is -2.33. The number of nitrogens with one attached hydrogen (secondary N) is 1. The van der Waals surface area contributed by atoms with Crippen molar-refractivity contribution in [2.24, 2.45) is 0 Å². The van der Waals surface area contributed by atoms with Gasteiger partial charge in [-0.1, -0.05) is 0 Å². The summed E-state index contributed by atoms with van der Waals surface area (Å²) in [4.78, 5) is 40.6. The van der Waals surface area contributed by atoms with E-state index in [0.29, 0.717) is 32.7 Å². The summed E-state index contributed by atoms with van der Waals surface area (Å²) in [5.41, 5.74) is 0. The van der Waals surface area contributed by atoms with Crippen LogP contribution in [0.15, 0.2) is 0 Å². The van der Waals surface area contributed by atoms with Crippen molar-refractivity contribution in [3.8, 4) is 0 Å². The molecule has 0 aromatic carbocycles. The molecule has 0 unspecified atom stereocenters. The van der Waals surface area contributed by atoms with Gasteiger partial charge in [0.25, 0.3) is 0 Å². The lowest BCUT2D eigenvalue weighted by molar-refractivity contribution is -0.157. The Bertz CT molecular complexity index is 391. The third-order valence-corrected chi connectivity index (χ3v) is 3.80. The molecule has 2 rings (SSSR count). The van der Waals surface area contributed by atoms with E-state index in [1.54, 1.807) is 4.90 Å². The highest BCUT2D eigenvalue weighted by molar-refractivity contribution is 6.35. The fraction of sp³-hybridized carbons (Fsp3) is 0.769. The minimum Gasteiger partial charge on any atom is -0.340 e. The zero-order valence-electron chi connectivity index (χ0n) is 11.9. The molecule has 1 N–H and O–H groups in total. The molecular formula is C13H22N4O3.